The van der Waals surface area contributed by atoms with E-state index in [4.69, 9.17) is 16.3 Å². The molecular formula is C19H22ClNO2. The first-order valence-corrected chi connectivity index (χ1v) is 8.16. The average Bonchev–Trinajstić information content (AvgIpc) is 2.57. The summed E-state index contributed by atoms with van der Waals surface area (Å²) in [5.41, 5.74) is 2.83. The van der Waals surface area contributed by atoms with E-state index in [0.29, 0.717) is 22.4 Å². The lowest BCUT2D eigenvalue weighted by Gasteiger charge is -2.12. The molecule has 0 bridgehead atoms. The van der Waals surface area contributed by atoms with Crippen molar-refractivity contribution in [3.63, 3.8) is 0 Å². The molecule has 2 aromatic carbocycles. The van der Waals surface area contributed by atoms with Crippen molar-refractivity contribution in [2.24, 2.45) is 0 Å². The second-order valence-electron chi connectivity index (χ2n) is 5.63. The molecule has 0 radical (unpaired) electrons. The third-order valence-corrected chi connectivity index (χ3v) is 4.38. The third-order valence-electron chi connectivity index (χ3n) is 3.97. The van der Waals surface area contributed by atoms with Crippen LogP contribution in [0.25, 0.3) is 0 Å². The number of carbonyl (C=O) groups is 1. The summed E-state index contributed by atoms with van der Waals surface area (Å²) in [7, 11) is 0. The van der Waals surface area contributed by atoms with Crippen molar-refractivity contribution in [2.75, 3.05) is 11.9 Å². The van der Waals surface area contributed by atoms with Gasteiger partial charge < -0.3 is 10.1 Å². The molecule has 0 saturated carbocycles. The zero-order chi connectivity index (χ0) is 16.8. The van der Waals surface area contributed by atoms with Gasteiger partial charge in [0.2, 0.25) is 0 Å². The lowest BCUT2D eigenvalue weighted by Crippen LogP contribution is -2.20. The SMILES string of the molecule is CCC(C)c1ccc(OCC(=O)Nc2cccc(Cl)c2C)cc1. The molecule has 1 atom stereocenters. The molecule has 122 valence electrons. The molecule has 1 amide bonds. The quantitative estimate of drug-likeness (QED) is 0.792. The summed E-state index contributed by atoms with van der Waals surface area (Å²) in [6.45, 7) is 6.19. The van der Waals surface area contributed by atoms with Crippen LogP contribution in [0.2, 0.25) is 5.02 Å². The Hall–Kier alpha value is -2.00. The second kappa shape index (κ2) is 8.02. The molecule has 0 aromatic heterocycles. The van der Waals surface area contributed by atoms with Crippen molar-refractivity contribution in [1.82, 2.24) is 0 Å². The molecular weight excluding hydrogens is 310 g/mol. The van der Waals surface area contributed by atoms with Gasteiger partial charge in [-0.2, -0.15) is 0 Å². The lowest BCUT2D eigenvalue weighted by molar-refractivity contribution is -0.118. The van der Waals surface area contributed by atoms with E-state index in [0.717, 1.165) is 12.0 Å². The zero-order valence-corrected chi connectivity index (χ0v) is 14.5. The molecule has 1 unspecified atom stereocenters. The van der Waals surface area contributed by atoms with Crippen LogP contribution in [0.5, 0.6) is 5.75 Å². The first kappa shape index (κ1) is 17.4. The number of rotatable bonds is 6. The predicted molar refractivity (Wildman–Crippen MR) is 95.5 cm³/mol. The summed E-state index contributed by atoms with van der Waals surface area (Å²) >= 11 is 6.04. The van der Waals surface area contributed by atoms with Crippen LogP contribution in [0.3, 0.4) is 0 Å². The maximum absolute atomic E-state index is 12.0. The van der Waals surface area contributed by atoms with Gasteiger partial charge in [0.25, 0.3) is 5.91 Å². The summed E-state index contributed by atoms with van der Waals surface area (Å²) in [6, 6.07) is 13.3. The largest absolute Gasteiger partial charge is 0.484 e. The Balaban J connectivity index is 1.90. The zero-order valence-electron chi connectivity index (χ0n) is 13.7. The topological polar surface area (TPSA) is 38.3 Å². The first-order valence-electron chi connectivity index (χ1n) is 7.79. The number of hydrogen-bond acceptors (Lipinski definition) is 2. The molecule has 0 spiro atoms. The molecule has 1 N–H and O–H groups in total. The van der Waals surface area contributed by atoms with Crippen LogP contribution in [0, 0.1) is 6.92 Å². The molecule has 0 heterocycles. The van der Waals surface area contributed by atoms with E-state index in [2.05, 4.69) is 19.2 Å². The van der Waals surface area contributed by atoms with Crippen molar-refractivity contribution in [3.05, 3.63) is 58.6 Å². The molecule has 3 nitrogen and oxygen atoms in total. The molecule has 0 aliphatic rings. The molecule has 0 aliphatic carbocycles. The van der Waals surface area contributed by atoms with Gasteiger partial charge in [0.1, 0.15) is 5.75 Å². The van der Waals surface area contributed by atoms with Gasteiger partial charge in [0.15, 0.2) is 6.61 Å². The van der Waals surface area contributed by atoms with Gasteiger partial charge in [-0.1, -0.05) is 43.6 Å². The second-order valence-corrected chi connectivity index (χ2v) is 6.03. The van der Waals surface area contributed by atoms with Crippen LogP contribution in [0.15, 0.2) is 42.5 Å². The van der Waals surface area contributed by atoms with E-state index < -0.39 is 0 Å². The Morgan fingerprint density at radius 2 is 1.91 bits per heavy atom. The average molecular weight is 332 g/mol. The number of benzene rings is 2. The summed E-state index contributed by atoms with van der Waals surface area (Å²) < 4.78 is 5.53. The monoisotopic (exact) mass is 331 g/mol. The van der Waals surface area contributed by atoms with Gasteiger partial charge in [-0.3, -0.25) is 4.79 Å². The fourth-order valence-electron chi connectivity index (χ4n) is 2.21. The number of halogens is 1. The van der Waals surface area contributed by atoms with E-state index in [1.165, 1.54) is 5.56 Å². The summed E-state index contributed by atoms with van der Waals surface area (Å²) in [5.74, 6) is 1.01. The van der Waals surface area contributed by atoms with Crippen LogP contribution in [0.4, 0.5) is 5.69 Å². The minimum atomic E-state index is -0.207. The molecule has 2 rings (SSSR count). The summed E-state index contributed by atoms with van der Waals surface area (Å²) in [4.78, 5) is 12.0. The van der Waals surface area contributed by atoms with Gasteiger partial charge >= 0.3 is 0 Å². The first-order chi connectivity index (χ1) is 11.0. The number of carbonyl (C=O) groups excluding carboxylic acids is 1. The number of hydrogen-bond donors (Lipinski definition) is 1. The fraction of sp³-hybridized carbons (Fsp3) is 0.316. The highest BCUT2D eigenvalue weighted by molar-refractivity contribution is 6.31. The minimum Gasteiger partial charge on any atom is -0.484 e. The van der Waals surface area contributed by atoms with Crippen LogP contribution >= 0.6 is 11.6 Å². The maximum Gasteiger partial charge on any atom is 0.262 e. The Bertz CT molecular complexity index is 668. The summed E-state index contributed by atoms with van der Waals surface area (Å²) in [6.07, 6.45) is 1.10. The highest BCUT2D eigenvalue weighted by Gasteiger charge is 2.08. The summed E-state index contributed by atoms with van der Waals surface area (Å²) in [5, 5.41) is 3.44. The van der Waals surface area contributed by atoms with E-state index in [9.17, 15) is 4.79 Å². The highest BCUT2D eigenvalue weighted by atomic mass is 35.5. The minimum absolute atomic E-state index is 0.0331. The molecule has 0 saturated heterocycles. The van der Waals surface area contributed by atoms with Gasteiger partial charge in [-0.15, -0.1) is 0 Å². The maximum atomic E-state index is 12.0. The Kier molecular flexibility index (Phi) is 6.05. The van der Waals surface area contributed by atoms with Crippen LogP contribution in [-0.4, -0.2) is 12.5 Å². The smallest absolute Gasteiger partial charge is 0.262 e. The Morgan fingerprint density at radius 3 is 2.57 bits per heavy atom. The van der Waals surface area contributed by atoms with Gasteiger partial charge in [-0.25, -0.2) is 0 Å². The predicted octanol–water partition coefficient (Wildman–Crippen LogP) is 5.18. The van der Waals surface area contributed by atoms with Crippen LogP contribution in [-0.2, 0) is 4.79 Å². The van der Waals surface area contributed by atoms with Crippen molar-refractivity contribution in [1.29, 1.82) is 0 Å². The van der Waals surface area contributed by atoms with Gasteiger partial charge in [0.05, 0.1) is 0 Å². The highest BCUT2D eigenvalue weighted by Crippen LogP contribution is 2.23. The van der Waals surface area contributed by atoms with E-state index in [1.807, 2.05) is 37.3 Å². The van der Waals surface area contributed by atoms with Gasteiger partial charge in [0, 0.05) is 10.7 Å². The molecule has 2 aromatic rings. The van der Waals surface area contributed by atoms with E-state index in [-0.39, 0.29) is 12.5 Å². The lowest BCUT2D eigenvalue weighted by atomic mass is 9.99. The van der Waals surface area contributed by atoms with Crippen molar-refractivity contribution in [3.8, 4) is 5.75 Å². The van der Waals surface area contributed by atoms with Gasteiger partial charge in [-0.05, 0) is 54.7 Å². The normalized spacial score (nSPS) is 11.8. The standard InChI is InChI=1S/C19H22ClNO2/c1-4-13(2)15-8-10-16(11-9-15)23-12-19(22)21-18-7-5-6-17(20)14(18)3/h5-11,13H,4,12H2,1-3H3,(H,21,22). The van der Waals surface area contributed by atoms with E-state index >= 15 is 0 Å². The third kappa shape index (κ3) is 4.73. The van der Waals surface area contributed by atoms with Crippen molar-refractivity contribution < 1.29 is 9.53 Å². The number of amides is 1. The molecule has 4 heteroatoms. The van der Waals surface area contributed by atoms with Crippen LogP contribution in [0.1, 0.15) is 37.3 Å². The number of anilines is 1. The Morgan fingerprint density at radius 1 is 1.22 bits per heavy atom. The number of nitrogens with one attached hydrogen (secondary N) is 1. The molecule has 23 heavy (non-hydrogen) atoms. The van der Waals surface area contributed by atoms with Crippen molar-refractivity contribution >= 4 is 23.2 Å². The van der Waals surface area contributed by atoms with Crippen LogP contribution < -0.4 is 10.1 Å². The van der Waals surface area contributed by atoms with Crippen molar-refractivity contribution in [2.45, 2.75) is 33.1 Å². The number of ether oxygens (including phenoxy) is 1. The molecule has 0 aliphatic heterocycles. The fourth-order valence-corrected chi connectivity index (χ4v) is 2.38. The molecule has 0 fully saturated rings. The Labute approximate surface area is 142 Å². The van der Waals surface area contributed by atoms with E-state index in [1.54, 1.807) is 12.1 Å².